The predicted octanol–water partition coefficient (Wildman–Crippen LogP) is 3.18. The molecule has 7 nitrogen and oxygen atoms in total. The molecular weight excluding hydrogens is 442 g/mol. The summed E-state index contributed by atoms with van der Waals surface area (Å²) in [5.41, 5.74) is 1.87. The number of ether oxygens (including phenoxy) is 1. The van der Waals surface area contributed by atoms with Gasteiger partial charge in [-0.25, -0.2) is 4.68 Å². The van der Waals surface area contributed by atoms with Gasteiger partial charge in [0, 0.05) is 23.6 Å². The number of rotatable bonds is 7. The van der Waals surface area contributed by atoms with Gasteiger partial charge in [0.1, 0.15) is 5.75 Å². The number of nitrogens with zero attached hydrogens (tertiary/aromatic N) is 4. The number of methoxy groups -OCH3 is 1. The zero-order valence-corrected chi connectivity index (χ0v) is 17.9. The lowest BCUT2D eigenvalue weighted by atomic mass is 10.2. The van der Waals surface area contributed by atoms with Crippen molar-refractivity contribution in [3.05, 3.63) is 58.6 Å². The number of hydrogen-bond donors (Lipinski definition) is 1. The first-order valence-electron chi connectivity index (χ1n) is 8.44. The van der Waals surface area contributed by atoms with Crippen LogP contribution in [0.4, 0.5) is 0 Å². The van der Waals surface area contributed by atoms with Crippen molar-refractivity contribution in [3.8, 4) is 17.1 Å². The van der Waals surface area contributed by atoms with E-state index in [1.54, 1.807) is 19.1 Å². The summed E-state index contributed by atoms with van der Waals surface area (Å²) >= 11 is 4.76. The molecule has 0 saturated heterocycles. The number of carbonyl (C=O) groups is 1. The molecule has 1 heterocycles. The smallest absolute Gasteiger partial charge is 0.233 e. The maximum atomic E-state index is 12.5. The molecule has 0 radical (unpaired) electrons. The van der Waals surface area contributed by atoms with E-state index in [1.807, 2.05) is 48.5 Å². The van der Waals surface area contributed by atoms with Gasteiger partial charge in [0.15, 0.2) is 5.82 Å². The Morgan fingerprint density at radius 3 is 2.61 bits per heavy atom. The molecule has 0 saturated carbocycles. The van der Waals surface area contributed by atoms with Gasteiger partial charge in [-0.1, -0.05) is 45.9 Å². The number of benzene rings is 2. The quantitative estimate of drug-likeness (QED) is 0.429. The predicted molar refractivity (Wildman–Crippen MR) is 114 cm³/mol. The Bertz CT molecular complexity index is 961. The third kappa shape index (κ3) is 4.66. The van der Waals surface area contributed by atoms with E-state index >= 15 is 0 Å². The lowest BCUT2D eigenvalue weighted by Gasteiger charge is -2.17. The average Bonchev–Trinajstić information content (AvgIpc) is 3.08. The Morgan fingerprint density at radius 2 is 1.93 bits per heavy atom. The Balaban J connectivity index is 1.62. The van der Waals surface area contributed by atoms with Crippen LogP contribution in [0, 0.1) is 0 Å². The Labute approximate surface area is 176 Å². The zero-order valence-electron chi connectivity index (χ0n) is 15.5. The molecule has 0 fully saturated rings. The van der Waals surface area contributed by atoms with E-state index < -0.39 is 0 Å². The molecule has 28 heavy (non-hydrogen) atoms. The minimum Gasteiger partial charge on any atom is -0.497 e. The van der Waals surface area contributed by atoms with Gasteiger partial charge in [0.2, 0.25) is 11.1 Å². The fourth-order valence-corrected chi connectivity index (χ4v) is 3.73. The van der Waals surface area contributed by atoms with Gasteiger partial charge in [-0.15, -0.1) is 10.2 Å². The monoisotopic (exact) mass is 461 g/mol. The molecule has 1 amide bonds. The van der Waals surface area contributed by atoms with Gasteiger partial charge in [0.25, 0.3) is 0 Å². The van der Waals surface area contributed by atoms with Crippen LogP contribution in [0.5, 0.6) is 5.75 Å². The molecular formula is C19H20BrN5O2S. The van der Waals surface area contributed by atoms with E-state index in [9.17, 15) is 4.79 Å². The summed E-state index contributed by atoms with van der Waals surface area (Å²) in [5, 5.41) is 8.72. The Hall–Kier alpha value is -2.52. The number of nitrogens with two attached hydrogens (primary N) is 1. The first-order chi connectivity index (χ1) is 13.5. The van der Waals surface area contributed by atoms with Crippen molar-refractivity contribution in [2.45, 2.75) is 11.7 Å². The van der Waals surface area contributed by atoms with Gasteiger partial charge in [0.05, 0.1) is 12.9 Å². The minimum absolute atomic E-state index is 0.0187. The first-order valence-corrected chi connectivity index (χ1v) is 10.2. The molecule has 3 rings (SSSR count). The summed E-state index contributed by atoms with van der Waals surface area (Å²) in [7, 11) is 3.39. The van der Waals surface area contributed by atoms with E-state index in [-0.39, 0.29) is 11.7 Å². The molecule has 2 N–H and O–H groups in total. The number of halogens is 1. The van der Waals surface area contributed by atoms with E-state index in [0.29, 0.717) is 17.5 Å². The second kappa shape index (κ2) is 9.11. The normalized spacial score (nSPS) is 10.7. The van der Waals surface area contributed by atoms with E-state index in [2.05, 4.69) is 26.1 Å². The van der Waals surface area contributed by atoms with Crippen molar-refractivity contribution in [1.82, 2.24) is 19.8 Å². The Morgan fingerprint density at radius 1 is 1.21 bits per heavy atom. The van der Waals surface area contributed by atoms with Crippen LogP contribution >= 0.6 is 27.7 Å². The molecule has 1 aromatic heterocycles. The van der Waals surface area contributed by atoms with E-state index in [1.165, 1.54) is 16.4 Å². The van der Waals surface area contributed by atoms with Crippen LogP contribution in [0.25, 0.3) is 11.4 Å². The number of aromatic nitrogens is 3. The standard InChI is InChI=1S/C19H20BrN5O2S/c1-24(11-14-5-3-4-6-16(14)20)17(26)12-28-19-23-22-18(25(19)21)13-7-9-15(27-2)10-8-13/h3-10H,11-12,21H2,1-2H3. The second-order valence-corrected chi connectivity index (χ2v) is 7.83. The van der Waals surface area contributed by atoms with Crippen molar-refractivity contribution < 1.29 is 9.53 Å². The van der Waals surface area contributed by atoms with Gasteiger partial charge in [-0.05, 0) is 35.9 Å². The highest BCUT2D eigenvalue weighted by molar-refractivity contribution is 9.10. The van der Waals surface area contributed by atoms with Crippen LogP contribution < -0.4 is 10.6 Å². The largest absolute Gasteiger partial charge is 0.497 e. The fourth-order valence-electron chi connectivity index (χ4n) is 2.52. The van der Waals surface area contributed by atoms with Gasteiger partial charge in [-0.3, -0.25) is 4.79 Å². The second-order valence-electron chi connectivity index (χ2n) is 6.03. The SMILES string of the molecule is COc1ccc(-c2nnc(SCC(=O)N(C)Cc3ccccc3Br)n2N)cc1. The average molecular weight is 462 g/mol. The van der Waals surface area contributed by atoms with E-state index in [4.69, 9.17) is 10.6 Å². The molecule has 0 bridgehead atoms. The molecule has 0 spiro atoms. The third-order valence-corrected chi connectivity index (χ3v) is 5.83. The van der Waals surface area contributed by atoms with Crippen molar-refractivity contribution in [1.29, 1.82) is 0 Å². The number of thioether (sulfide) groups is 1. The van der Waals surface area contributed by atoms with Crippen LogP contribution in [0.2, 0.25) is 0 Å². The minimum atomic E-state index is -0.0187. The summed E-state index contributed by atoms with van der Waals surface area (Å²) in [6, 6.07) is 15.2. The van der Waals surface area contributed by atoms with Gasteiger partial charge in [-0.2, -0.15) is 0 Å². The molecule has 0 aliphatic carbocycles. The third-order valence-electron chi connectivity index (χ3n) is 4.13. The van der Waals surface area contributed by atoms with E-state index in [0.717, 1.165) is 21.3 Å². The molecule has 0 aliphatic rings. The summed E-state index contributed by atoms with van der Waals surface area (Å²) in [6.45, 7) is 0.521. The molecule has 3 aromatic rings. The molecule has 2 aromatic carbocycles. The molecule has 0 unspecified atom stereocenters. The van der Waals surface area contributed by atoms with Crippen LogP contribution in [0.1, 0.15) is 5.56 Å². The maximum Gasteiger partial charge on any atom is 0.233 e. The van der Waals surface area contributed by atoms with Crippen molar-refractivity contribution in [3.63, 3.8) is 0 Å². The Kier molecular flexibility index (Phi) is 6.58. The molecule has 0 aliphatic heterocycles. The number of amides is 1. The first kappa shape index (κ1) is 20.2. The molecule has 0 atom stereocenters. The highest BCUT2D eigenvalue weighted by Crippen LogP contribution is 2.24. The number of carbonyl (C=O) groups excluding carboxylic acids is 1. The topological polar surface area (TPSA) is 86.3 Å². The van der Waals surface area contributed by atoms with Crippen LogP contribution in [0.3, 0.4) is 0 Å². The summed E-state index contributed by atoms with van der Waals surface area (Å²) < 4.78 is 7.53. The summed E-state index contributed by atoms with van der Waals surface area (Å²) in [5.74, 6) is 7.60. The fraction of sp³-hybridized carbons (Fsp3) is 0.211. The summed E-state index contributed by atoms with van der Waals surface area (Å²) in [6.07, 6.45) is 0. The maximum absolute atomic E-state index is 12.5. The summed E-state index contributed by atoms with van der Waals surface area (Å²) in [4.78, 5) is 14.1. The molecule has 9 heteroatoms. The van der Waals surface area contributed by atoms with Crippen LogP contribution in [-0.2, 0) is 11.3 Å². The zero-order chi connectivity index (χ0) is 20.1. The van der Waals surface area contributed by atoms with Crippen LogP contribution in [-0.4, -0.2) is 45.6 Å². The lowest BCUT2D eigenvalue weighted by molar-refractivity contribution is -0.127. The lowest BCUT2D eigenvalue weighted by Crippen LogP contribution is -2.28. The van der Waals surface area contributed by atoms with Crippen molar-refractivity contribution >= 4 is 33.6 Å². The highest BCUT2D eigenvalue weighted by atomic mass is 79.9. The van der Waals surface area contributed by atoms with Crippen LogP contribution in [0.15, 0.2) is 58.2 Å². The number of nitrogen functional groups attached to an aromatic ring is 1. The van der Waals surface area contributed by atoms with Gasteiger partial charge < -0.3 is 15.5 Å². The van der Waals surface area contributed by atoms with Crippen molar-refractivity contribution in [2.75, 3.05) is 25.8 Å². The molecule has 146 valence electrons. The van der Waals surface area contributed by atoms with Gasteiger partial charge >= 0.3 is 0 Å². The number of hydrogen-bond acceptors (Lipinski definition) is 6. The van der Waals surface area contributed by atoms with Crippen molar-refractivity contribution in [2.24, 2.45) is 0 Å². The highest BCUT2D eigenvalue weighted by Gasteiger charge is 2.16.